The lowest BCUT2D eigenvalue weighted by Gasteiger charge is -2.31. The van der Waals surface area contributed by atoms with E-state index in [0.29, 0.717) is 54.3 Å². The van der Waals surface area contributed by atoms with Gasteiger partial charge in [-0.25, -0.2) is 12.8 Å². The molecule has 3 aromatic rings. The third-order valence-electron chi connectivity index (χ3n) is 5.92. The minimum absolute atomic E-state index is 0.208. The first-order valence-electron chi connectivity index (χ1n) is 10.8. The normalized spacial score (nSPS) is 15.3. The monoisotopic (exact) mass is 483 g/mol. The Kier molecular flexibility index (Phi) is 6.74. The molecule has 0 bridgehead atoms. The minimum atomic E-state index is -3.92. The number of amides is 1. The molecule has 8 nitrogen and oxygen atoms in total. The van der Waals surface area contributed by atoms with Crippen molar-refractivity contribution in [1.82, 2.24) is 19.2 Å². The summed E-state index contributed by atoms with van der Waals surface area (Å²) in [6.45, 7) is 5.43. The van der Waals surface area contributed by atoms with Crippen LogP contribution in [0.5, 0.6) is 0 Å². The number of sulfonamides is 1. The number of halogens is 1. The highest BCUT2D eigenvalue weighted by atomic mass is 32.2. The average molecular weight is 484 g/mol. The van der Waals surface area contributed by atoms with Gasteiger partial charge in [-0.1, -0.05) is 6.07 Å². The molecule has 1 N–H and O–H groups in total. The molecule has 3 heterocycles. The fourth-order valence-electron chi connectivity index (χ4n) is 3.83. The second-order valence-corrected chi connectivity index (χ2v) is 10.2. The number of pyridine rings is 2. The first kappa shape index (κ1) is 23.9. The smallest absolute Gasteiger partial charge is 0.274 e. The molecule has 0 spiro atoms. The van der Waals surface area contributed by atoms with Crippen LogP contribution in [0.2, 0.25) is 0 Å². The van der Waals surface area contributed by atoms with Crippen LogP contribution in [0, 0.1) is 19.7 Å². The molecule has 10 heteroatoms. The Morgan fingerprint density at radius 2 is 1.79 bits per heavy atom. The summed E-state index contributed by atoms with van der Waals surface area (Å²) in [6, 6.07) is 9.15. The largest absolute Gasteiger partial charge is 0.319 e. The van der Waals surface area contributed by atoms with E-state index in [1.165, 1.54) is 22.6 Å². The quantitative estimate of drug-likeness (QED) is 0.599. The van der Waals surface area contributed by atoms with Crippen LogP contribution in [0.3, 0.4) is 0 Å². The maximum absolute atomic E-state index is 15.0. The molecule has 0 saturated carbocycles. The molecule has 178 valence electrons. The van der Waals surface area contributed by atoms with Gasteiger partial charge in [-0.15, -0.1) is 0 Å². The average Bonchev–Trinajstić information content (AvgIpc) is 2.80. The highest BCUT2D eigenvalue weighted by Crippen LogP contribution is 2.28. The second kappa shape index (κ2) is 9.57. The van der Waals surface area contributed by atoms with E-state index in [-0.39, 0.29) is 16.5 Å². The molecule has 1 aromatic carbocycles. The third-order valence-corrected chi connectivity index (χ3v) is 7.85. The Hall–Kier alpha value is -3.21. The Bertz CT molecular complexity index is 1340. The molecular weight excluding hydrogens is 457 g/mol. The van der Waals surface area contributed by atoms with E-state index in [1.807, 2.05) is 11.9 Å². The summed E-state index contributed by atoms with van der Waals surface area (Å²) in [5, 5.41) is 2.78. The molecule has 34 heavy (non-hydrogen) atoms. The van der Waals surface area contributed by atoms with E-state index in [0.717, 1.165) is 0 Å². The standard InChI is InChI=1S/C24H26FN5O3S/c1-16-13-22(24(31)28-21-5-4-8-26-17(21)2)27-15-19(16)18-6-7-23(20(25)14-18)34(32,33)30-11-9-29(3)10-12-30/h4-8,13-15H,9-12H2,1-3H3,(H,28,31). The predicted molar refractivity (Wildman–Crippen MR) is 128 cm³/mol. The van der Waals surface area contributed by atoms with Gasteiger partial charge in [0, 0.05) is 44.1 Å². The van der Waals surface area contributed by atoms with Gasteiger partial charge in [0.1, 0.15) is 16.4 Å². The van der Waals surface area contributed by atoms with Crippen molar-refractivity contribution in [2.24, 2.45) is 0 Å². The number of carbonyl (C=O) groups excluding carboxylic acids is 1. The summed E-state index contributed by atoms with van der Waals surface area (Å²) < 4.78 is 42.1. The van der Waals surface area contributed by atoms with Crippen LogP contribution in [-0.4, -0.2) is 66.7 Å². The number of aromatic nitrogens is 2. The van der Waals surface area contributed by atoms with Gasteiger partial charge in [-0.2, -0.15) is 4.31 Å². The van der Waals surface area contributed by atoms with Crippen LogP contribution >= 0.6 is 0 Å². The topological polar surface area (TPSA) is 95.5 Å². The zero-order valence-electron chi connectivity index (χ0n) is 19.2. The summed E-state index contributed by atoms with van der Waals surface area (Å²) in [5.74, 6) is -1.20. The number of anilines is 1. The minimum Gasteiger partial charge on any atom is -0.319 e. The van der Waals surface area contributed by atoms with Gasteiger partial charge in [0.15, 0.2) is 0 Å². The molecule has 1 aliphatic heterocycles. The maximum Gasteiger partial charge on any atom is 0.274 e. The molecule has 0 atom stereocenters. The highest BCUT2D eigenvalue weighted by molar-refractivity contribution is 7.89. The van der Waals surface area contributed by atoms with Crippen molar-refractivity contribution >= 4 is 21.6 Å². The van der Waals surface area contributed by atoms with Crippen molar-refractivity contribution in [2.75, 3.05) is 38.5 Å². The van der Waals surface area contributed by atoms with E-state index >= 15 is 0 Å². The van der Waals surface area contributed by atoms with Crippen molar-refractivity contribution in [1.29, 1.82) is 0 Å². The molecular formula is C24H26FN5O3S. The van der Waals surface area contributed by atoms with Crippen molar-refractivity contribution in [3.8, 4) is 11.1 Å². The summed E-state index contributed by atoms with van der Waals surface area (Å²) in [4.78, 5) is 22.7. The van der Waals surface area contributed by atoms with Crippen LogP contribution < -0.4 is 5.32 Å². The molecule has 1 amide bonds. The number of carbonyl (C=O) groups is 1. The van der Waals surface area contributed by atoms with Crippen LogP contribution in [0.25, 0.3) is 11.1 Å². The first-order chi connectivity index (χ1) is 16.2. The van der Waals surface area contributed by atoms with Gasteiger partial charge in [0.2, 0.25) is 10.0 Å². The second-order valence-electron chi connectivity index (χ2n) is 8.33. The zero-order chi connectivity index (χ0) is 24.5. The molecule has 2 aromatic heterocycles. The highest BCUT2D eigenvalue weighted by Gasteiger charge is 2.30. The van der Waals surface area contributed by atoms with Gasteiger partial charge in [-0.3, -0.25) is 14.8 Å². The van der Waals surface area contributed by atoms with E-state index in [1.54, 1.807) is 44.3 Å². The molecule has 0 aliphatic carbocycles. The molecule has 1 saturated heterocycles. The molecule has 0 radical (unpaired) electrons. The van der Waals surface area contributed by atoms with E-state index < -0.39 is 15.8 Å². The predicted octanol–water partition coefficient (Wildman–Crippen LogP) is 3.09. The lowest BCUT2D eigenvalue weighted by molar-refractivity contribution is 0.102. The van der Waals surface area contributed by atoms with Crippen LogP contribution in [-0.2, 0) is 10.0 Å². The van der Waals surface area contributed by atoms with E-state index in [4.69, 9.17) is 0 Å². The number of aryl methyl sites for hydroxylation is 2. The number of rotatable bonds is 5. The Labute approximate surface area is 198 Å². The number of nitrogens with zero attached hydrogens (tertiary/aromatic N) is 4. The Morgan fingerprint density at radius 1 is 1.06 bits per heavy atom. The number of benzene rings is 1. The van der Waals surface area contributed by atoms with E-state index in [2.05, 4.69) is 15.3 Å². The van der Waals surface area contributed by atoms with Gasteiger partial charge in [0.05, 0.1) is 11.4 Å². The lowest BCUT2D eigenvalue weighted by atomic mass is 10.0. The molecule has 0 unspecified atom stereocenters. The number of nitrogens with one attached hydrogen (secondary N) is 1. The van der Waals surface area contributed by atoms with Crippen LogP contribution in [0.1, 0.15) is 21.7 Å². The number of hydrogen-bond donors (Lipinski definition) is 1. The maximum atomic E-state index is 15.0. The van der Waals surface area contributed by atoms with Gasteiger partial charge in [0.25, 0.3) is 5.91 Å². The zero-order valence-corrected chi connectivity index (χ0v) is 20.1. The summed E-state index contributed by atoms with van der Waals surface area (Å²) >= 11 is 0. The SMILES string of the molecule is Cc1cc(C(=O)Nc2cccnc2C)ncc1-c1ccc(S(=O)(=O)N2CCN(C)CC2)c(F)c1. The summed E-state index contributed by atoms with van der Waals surface area (Å²) in [5.41, 5.74) is 3.28. The van der Waals surface area contributed by atoms with Crippen LogP contribution in [0.4, 0.5) is 10.1 Å². The first-order valence-corrected chi connectivity index (χ1v) is 12.3. The number of likely N-dealkylation sites (N-methyl/N-ethyl adjacent to an activating group) is 1. The third kappa shape index (κ3) is 4.84. The van der Waals surface area contributed by atoms with Crippen molar-refractivity contribution in [2.45, 2.75) is 18.7 Å². The van der Waals surface area contributed by atoms with Crippen molar-refractivity contribution in [3.05, 3.63) is 71.6 Å². The molecule has 1 aliphatic rings. The van der Waals surface area contributed by atoms with Crippen molar-refractivity contribution < 1.29 is 17.6 Å². The van der Waals surface area contributed by atoms with Crippen molar-refractivity contribution in [3.63, 3.8) is 0 Å². The van der Waals surface area contributed by atoms with E-state index in [9.17, 15) is 17.6 Å². The summed E-state index contributed by atoms with van der Waals surface area (Å²) in [7, 11) is -2.00. The fourth-order valence-corrected chi connectivity index (χ4v) is 5.30. The lowest BCUT2D eigenvalue weighted by Crippen LogP contribution is -2.47. The van der Waals surface area contributed by atoms with Gasteiger partial charge >= 0.3 is 0 Å². The summed E-state index contributed by atoms with van der Waals surface area (Å²) in [6.07, 6.45) is 3.13. The fraction of sp³-hybridized carbons (Fsp3) is 0.292. The Balaban J connectivity index is 1.56. The van der Waals surface area contributed by atoms with Crippen LogP contribution in [0.15, 0.2) is 53.7 Å². The molecule has 1 fully saturated rings. The number of piperazine rings is 1. The van der Waals surface area contributed by atoms with Gasteiger partial charge < -0.3 is 10.2 Å². The Morgan fingerprint density at radius 3 is 2.44 bits per heavy atom. The molecule has 4 rings (SSSR count). The number of hydrogen-bond acceptors (Lipinski definition) is 6. The van der Waals surface area contributed by atoms with Gasteiger partial charge in [-0.05, 0) is 62.4 Å².